The van der Waals surface area contributed by atoms with Gasteiger partial charge in [-0.3, -0.25) is 4.52 Å². The van der Waals surface area contributed by atoms with Crippen molar-refractivity contribution in [1.82, 2.24) is 0 Å². The summed E-state index contributed by atoms with van der Waals surface area (Å²) in [4.78, 5) is -0.0929. The molecule has 6 nitrogen and oxygen atoms in total. The molecule has 160 valence electrons. The van der Waals surface area contributed by atoms with Gasteiger partial charge in [-0.05, 0) is 67.2 Å². The number of hydrogen-bond donors (Lipinski definition) is 0. The summed E-state index contributed by atoms with van der Waals surface area (Å²) in [6.45, 7) is 2.45. The van der Waals surface area contributed by atoms with Gasteiger partial charge in [0, 0.05) is 9.72 Å². The topological polar surface area (TPSA) is 78.9 Å². The molecule has 0 saturated carbocycles. The van der Waals surface area contributed by atoms with Gasteiger partial charge in [0.05, 0.1) is 11.6 Å². The Kier molecular flexibility index (Phi) is 8.94. The lowest BCUT2D eigenvalue weighted by Gasteiger charge is -2.20. The van der Waals surface area contributed by atoms with E-state index < -0.39 is 16.9 Å². The Morgan fingerprint density at radius 2 is 1.83 bits per heavy atom. The molecule has 2 atom stereocenters. The van der Waals surface area contributed by atoms with Crippen molar-refractivity contribution in [2.75, 3.05) is 6.61 Å². The molecule has 0 spiro atoms. The molecule has 2 aromatic carbocycles. The van der Waals surface area contributed by atoms with Gasteiger partial charge >= 0.3 is 16.9 Å². The standard InChI is InChI=1S/C18H21BrClO6PS2/c1-4-13(3)28-27(21,24-5-2)25-15-7-9-16(10-8-15)29(22,23)26-18-11-6-14(19)12-17(18)20/h6-13H,4-5H2,1-3H3. The predicted octanol–water partition coefficient (Wildman–Crippen LogP) is 6.93. The summed E-state index contributed by atoms with van der Waals surface area (Å²) >= 11 is 10.4. The zero-order valence-corrected chi connectivity index (χ0v) is 20.9. The summed E-state index contributed by atoms with van der Waals surface area (Å²) in [7, 11) is -4.10. The van der Waals surface area contributed by atoms with Crippen molar-refractivity contribution in [2.45, 2.75) is 37.3 Å². The van der Waals surface area contributed by atoms with Gasteiger partial charge in [-0.25, -0.2) is 4.57 Å². The quantitative estimate of drug-likeness (QED) is 0.237. The van der Waals surface area contributed by atoms with E-state index in [1.54, 1.807) is 13.0 Å². The molecule has 0 aliphatic carbocycles. The SMILES string of the molecule is CCOP(=O)(Oc1ccc(S(=O)(=O)Oc2ccc(Br)cc2Cl)cc1)SC(C)CC. The third-order valence-electron chi connectivity index (χ3n) is 3.59. The van der Waals surface area contributed by atoms with Gasteiger partial charge in [-0.1, -0.05) is 41.4 Å². The van der Waals surface area contributed by atoms with Crippen LogP contribution in [0.15, 0.2) is 51.8 Å². The van der Waals surface area contributed by atoms with Crippen LogP contribution >= 0.6 is 45.7 Å². The average molecular weight is 544 g/mol. The third kappa shape index (κ3) is 7.19. The molecule has 0 bridgehead atoms. The molecule has 11 heteroatoms. The Bertz CT molecular complexity index is 984. The van der Waals surface area contributed by atoms with E-state index in [-0.39, 0.29) is 33.3 Å². The highest BCUT2D eigenvalue weighted by Crippen LogP contribution is 2.62. The molecule has 0 amide bonds. The third-order valence-corrected chi connectivity index (χ3v) is 9.99. The Labute approximate surface area is 188 Å². The molecular formula is C18H21BrClO6PS2. The Morgan fingerprint density at radius 1 is 1.17 bits per heavy atom. The van der Waals surface area contributed by atoms with E-state index in [2.05, 4.69) is 15.9 Å². The summed E-state index contributed by atoms with van der Waals surface area (Å²) in [5, 5.41) is 0.235. The van der Waals surface area contributed by atoms with Gasteiger partial charge in [0.2, 0.25) is 0 Å². The van der Waals surface area contributed by atoms with E-state index in [1.807, 2.05) is 13.8 Å². The molecule has 29 heavy (non-hydrogen) atoms. The van der Waals surface area contributed by atoms with Crippen LogP contribution in [-0.4, -0.2) is 20.3 Å². The fourth-order valence-electron chi connectivity index (χ4n) is 2.04. The maximum absolute atomic E-state index is 12.9. The second kappa shape index (κ2) is 10.6. The van der Waals surface area contributed by atoms with Crippen LogP contribution in [0.25, 0.3) is 0 Å². The van der Waals surface area contributed by atoms with E-state index in [0.717, 1.165) is 17.8 Å². The summed E-state index contributed by atoms with van der Waals surface area (Å²) in [5.74, 6) is 0.249. The first-order chi connectivity index (χ1) is 13.6. The van der Waals surface area contributed by atoms with Crippen LogP contribution < -0.4 is 8.71 Å². The minimum atomic E-state index is -4.10. The monoisotopic (exact) mass is 542 g/mol. The highest BCUT2D eigenvalue weighted by Gasteiger charge is 2.29. The van der Waals surface area contributed by atoms with Gasteiger partial charge in [0.25, 0.3) is 0 Å². The first kappa shape index (κ1) is 24.6. The summed E-state index contributed by atoms with van der Waals surface area (Å²) in [5.41, 5.74) is 0. The Hall–Kier alpha value is -0.700. The first-order valence-corrected chi connectivity index (χ1v) is 14.3. The molecule has 0 aliphatic heterocycles. The van der Waals surface area contributed by atoms with Crippen molar-refractivity contribution in [2.24, 2.45) is 0 Å². The van der Waals surface area contributed by atoms with E-state index >= 15 is 0 Å². The number of halogens is 2. The van der Waals surface area contributed by atoms with Crippen molar-refractivity contribution in [3.8, 4) is 11.5 Å². The van der Waals surface area contributed by atoms with Crippen LogP contribution in [0.2, 0.25) is 5.02 Å². The molecule has 0 heterocycles. The highest BCUT2D eigenvalue weighted by molar-refractivity contribution is 9.10. The van der Waals surface area contributed by atoms with Crippen LogP contribution in [0.1, 0.15) is 27.2 Å². The van der Waals surface area contributed by atoms with Crippen molar-refractivity contribution in [3.05, 3.63) is 52.0 Å². The van der Waals surface area contributed by atoms with Gasteiger partial charge in [-0.2, -0.15) is 8.42 Å². The Balaban J connectivity index is 2.18. The van der Waals surface area contributed by atoms with E-state index in [4.69, 9.17) is 24.8 Å². The largest absolute Gasteiger partial charge is 0.440 e. The second-order valence-corrected chi connectivity index (χ2v) is 13.1. The van der Waals surface area contributed by atoms with Crippen molar-refractivity contribution >= 4 is 55.8 Å². The summed E-state index contributed by atoms with van der Waals surface area (Å²) in [6.07, 6.45) is 0.804. The molecule has 0 aromatic heterocycles. The molecule has 2 unspecified atom stereocenters. The van der Waals surface area contributed by atoms with Crippen LogP contribution in [-0.2, 0) is 19.2 Å². The van der Waals surface area contributed by atoms with Crippen LogP contribution in [0.4, 0.5) is 0 Å². The Morgan fingerprint density at radius 3 is 2.38 bits per heavy atom. The fourth-order valence-corrected chi connectivity index (χ4v) is 7.84. The zero-order valence-electron chi connectivity index (χ0n) is 16.0. The van der Waals surface area contributed by atoms with Crippen molar-refractivity contribution < 1.29 is 26.2 Å². The average Bonchev–Trinajstić information content (AvgIpc) is 2.64. The molecule has 2 aromatic rings. The maximum Gasteiger partial charge on any atom is 0.440 e. The van der Waals surface area contributed by atoms with Gasteiger partial charge in [0.1, 0.15) is 10.6 Å². The molecule has 0 aliphatic rings. The van der Waals surface area contributed by atoms with E-state index in [9.17, 15) is 13.0 Å². The van der Waals surface area contributed by atoms with Crippen LogP contribution in [0, 0.1) is 0 Å². The molecule has 0 saturated heterocycles. The molecular weight excluding hydrogens is 523 g/mol. The van der Waals surface area contributed by atoms with Crippen LogP contribution in [0.5, 0.6) is 11.5 Å². The number of hydrogen-bond acceptors (Lipinski definition) is 7. The van der Waals surface area contributed by atoms with Gasteiger partial charge < -0.3 is 8.71 Å². The lowest BCUT2D eigenvalue weighted by molar-refractivity contribution is 0.296. The zero-order chi connectivity index (χ0) is 21.7. The van der Waals surface area contributed by atoms with E-state index in [1.165, 1.54) is 36.4 Å². The smallest absolute Gasteiger partial charge is 0.417 e. The molecule has 2 rings (SSSR count). The summed E-state index contributed by atoms with van der Waals surface area (Å²) in [6, 6.07) is 10.0. The minimum Gasteiger partial charge on any atom is -0.417 e. The van der Waals surface area contributed by atoms with E-state index in [0.29, 0.717) is 4.47 Å². The summed E-state index contributed by atoms with van der Waals surface area (Å²) < 4.78 is 54.6. The molecule has 0 fully saturated rings. The van der Waals surface area contributed by atoms with Crippen molar-refractivity contribution in [3.63, 3.8) is 0 Å². The van der Waals surface area contributed by atoms with Gasteiger partial charge in [-0.15, -0.1) is 0 Å². The highest BCUT2D eigenvalue weighted by atomic mass is 79.9. The number of rotatable bonds is 10. The molecule has 0 N–H and O–H groups in total. The second-order valence-electron chi connectivity index (χ2n) is 5.86. The minimum absolute atomic E-state index is 0.0148. The first-order valence-electron chi connectivity index (χ1n) is 8.70. The fraction of sp³-hybridized carbons (Fsp3) is 0.333. The van der Waals surface area contributed by atoms with Gasteiger partial charge in [0.15, 0.2) is 5.75 Å². The number of benzene rings is 2. The maximum atomic E-state index is 12.9. The lowest BCUT2D eigenvalue weighted by atomic mass is 10.3. The van der Waals surface area contributed by atoms with Crippen molar-refractivity contribution in [1.29, 1.82) is 0 Å². The molecule has 0 radical (unpaired) electrons. The predicted molar refractivity (Wildman–Crippen MR) is 121 cm³/mol. The lowest BCUT2D eigenvalue weighted by Crippen LogP contribution is -2.10. The normalized spacial score (nSPS) is 14.8. The van der Waals surface area contributed by atoms with Crippen LogP contribution in [0.3, 0.4) is 0 Å².